The van der Waals surface area contributed by atoms with Crippen molar-refractivity contribution in [2.45, 2.75) is 38.5 Å². The second-order valence-corrected chi connectivity index (χ2v) is 9.15. The maximum absolute atomic E-state index is 15.1. The SMILES string of the molecule is C[B]n1nc(-c2ccc(-c3cn(C)c(C4CC4)n3)c(F)c2)nc1Nc1ccc2c(c1)C(C)NC2=O. The fraction of sp³-hybridized carbons (Fsp3) is 0.280. The number of benzene rings is 2. The van der Waals surface area contributed by atoms with E-state index in [9.17, 15) is 4.79 Å². The number of nitrogens with zero attached hydrogens (tertiary/aromatic N) is 5. The molecule has 1 unspecified atom stereocenters. The third-order valence-corrected chi connectivity index (χ3v) is 6.60. The Morgan fingerprint density at radius 3 is 2.69 bits per heavy atom. The summed E-state index contributed by atoms with van der Waals surface area (Å²) in [6, 6.07) is 10.5. The van der Waals surface area contributed by atoms with Gasteiger partial charge in [-0.15, -0.1) is 0 Å². The molecule has 4 aromatic rings. The Morgan fingerprint density at radius 1 is 1.14 bits per heavy atom. The van der Waals surface area contributed by atoms with Crippen LogP contribution >= 0.6 is 0 Å². The molecule has 2 aromatic carbocycles. The molecule has 1 fully saturated rings. The summed E-state index contributed by atoms with van der Waals surface area (Å²) in [4.78, 5) is 21.3. The van der Waals surface area contributed by atoms with Crippen LogP contribution in [-0.2, 0) is 7.05 Å². The van der Waals surface area contributed by atoms with Gasteiger partial charge in [0.25, 0.3) is 13.3 Å². The molecule has 175 valence electrons. The number of carbonyl (C=O) groups is 1. The summed E-state index contributed by atoms with van der Waals surface area (Å²) in [7, 11) is 3.73. The average molecular weight is 468 g/mol. The van der Waals surface area contributed by atoms with Gasteiger partial charge < -0.3 is 15.2 Å². The average Bonchev–Trinajstić information content (AvgIpc) is 3.40. The Hall–Kier alpha value is -3.95. The lowest BCUT2D eigenvalue weighted by molar-refractivity contribution is 0.0958. The maximum Gasteiger partial charge on any atom is 0.281 e. The van der Waals surface area contributed by atoms with E-state index in [-0.39, 0.29) is 17.8 Å². The van der Waals surface area contributed by atoms with Crippen molar-refractivity contribution in [1.82, 2.24) is 29.5 Å². The van der Waals surface area contributed by atoms with Crippen molar-refractivity contribution >= 4 is 25.0 Å². The van der Waals surface area contributed by atoms with Crippen LogP contribution in [0.1, 0.15) is 53.5 Å². The minimum absolute atomic E-state index is 0.0497. The van der Waals surface area contributed by atoms with Gasteiger partial charge in [0.1, 0.15) is 11.6 Å². The molecular formula is C25H24BFN7O. The molecule has 0 bridgehead atoms. The Morgan fingerprint density at radius 2 is 1.94 bits per heavy atom. The monoisotopic (exact) mass is 468 g/mol. The Labute approximate surface area is 202 Å². The van der Waals surface area contributed by atoms with Gasteiger partial charge in [0.15, 0.2) is 5.82 Å². The lowest BCUT2D eigenvalue weighted by Gasteiger charge is -2.09. The van der Waals surface area contributed by atoms with Crippen molar-refractivity contribution in [2.24, 2.45) is 7.05 Å². The summed E-state index contributed by atoms with van der Waals surface area (Å²) >= 11 is 0. The van der Waals surface area contributed by atoms with Crippen LogP contribution < -0.4 is 10.6 Å². The number of nitrogens with one attached hydrogen (secondary N) is 2. The molecule has 2 aromatic heterocycles. The molecule has 2 aliphatic rings. The highest BCUT2D eigenvalue weighted by Crippen LogP contribution is 2.40. The number of amides is 1. The van der Waals surface area contributed by atoms with E-state index in [2.05, 4.69) is 25.7 Å². The molecule has 1 atom stereocenters. The number of aryl methyl sites for hydroxylation is 1. The third kappa shape index (κ3) is 3.79. The molecule has 6 rings (SSSR count). The molecule has 0 spiro atoms. The predicted molar refractivity (Wildman–Crippen MR) is 132 cm³/mol. The number of aromatic nitrogens is 5. The van der Waals surface area contributed by atoms with Crippen LogP contribution in [0.3, 0.4) is 0 Å². The highest BCUT2D eigenvalue weighted by atomic mass is 19.1. The van der Waals surface area contributed by atoms with E-state index in [0.29, 0.717) is 40.1 Å². The van der Waals surface area contributed by atoms with Crippen LogP contribution in [0.15, 0.2) is 42.6 Å². The van der Waals surface area contributed by atoms with Crippen molar-refractivity contribution in [2.75, 3.05) is 5.32 Å². The second-order valence-electron chi connectivity index (χ2n) is 9.15. The Bertz CT molecular complexity index is 1470. The van der Waals surface area contributed by atoms with E-state index in [1.807, 2.05) is 49.8 Å². The smallest absolute Gasteiger partial charge is 0.281 e. The number of fused-ring (bicyclic) bond motifs is 1. The lowest BCUT2D eigenvalue weighted by Crippen LogP contribution is -2.16. The summed E-state index contributed by atoms with van der Waals surface area (Å²) in [5.74, 6) is 1.98. The van der Waals surface area contributed by atoms with E-state index in [1.165, 1.54) is 6.07 Å². The van der Waals surface area contributed by atoms with Crippen molar-refractivity contribution in [3.05, 3.63) is 65.4 Å². The summed E-state index contributed by atoms with van der Waals surface area (Å²) in [6.45, 7) is 3.79. The van der Waals surface area contributed by atoms with Crippen LogP contribution in [0.5, 0.6) is 0 Å². The maximum atomic E-state index is 15.1. The van der Waals surface area contributed by atoms with Crippen molar-refractivity contribution in [1.29, 1.82) is 0 Å². The first-order chi connectivity index (χ1) is 16.9. The fourth-order valence-corrected chi connectivity index (χ4v) is 4.59. The zero-order chi connectivity index (χ0) is 24.3. The number of hydrogen-bond donors (Lipinski definition) is 2. The highest BCUT2D eigenvalue weighted by Gasteiger charge is 2.29. The topological polar surface area (TPSA) is 89.7 Å². The molecule has 1 saturated carbocycles. The first-order valence-corrected chi connectivity index (χ1v) is 11.7. The molecule has 1 aliphatic heterocycles. The van der Waals surface area contributed by atoms with Gasteiger partial charge in [0, 0.05) is 41.5 Å². The molecular weight excluding hydrogens is 444 g/mol. The van der Waals surface area contributed by atoms with Crippen LogP contribution in [0.2, 0.25) is 6.82 Å². The van der Waals surface area contributed by atoms with E-state index in [4.69, 9.17) is 0 Å². The van der Waals surface area contributed by atoms with Crippen molar-refractivity contribution in [3.8, 4) is 22.6 Å². The highest BCUT2D eigenvalue weighted by molar-refractivity contribution is 6.32. The molecule has 0 saturated heterocycles. The minimum atomic E-state index is -0.362. The van der Waals surface area contributed by atoms with E-state index in [1.54, 1.807) is 24.1 Å². The van der Waals surface area contributed by atoms with Crippen molar-refractivity contribution < 1.29 is 9.18 Å². The Balaban J connectivity index is 1.28. The lowest BCUT2D eigenvalue weighted by atomic mass is 10.0. The third-order valence-electron chi connectivity index (χ3n) is 6.60. The predicted octanol–water partition coefficient (Wildman–Crippen LogP) is 4.43. The van der Waals surface area contributed by atoms with E-state index < -0.39 is 0 Å². The summed E-state index contributed by atoms with van der Waals surface area (Å²) in [5.41, 5.74) is 4.08. The van der Waals surface area contributed by atoms with Crippen LogP contribution in [-0.4, -0.2) is 37.5 Å². The van der Waals surface area contributed by atoms with Gasteiger partial charge in [-0.05, 0) is 55.7 Å². The molecule has 2 N–H and O–H groups in total. The molecule has 1 aliphatic carbocycles. The van der Waals surface area contributed by atoms with Crippen molar-refractivity contribution in [3.63, 3.8) is 0 Å². The standard InChI is InChI=1S/C25H24BFN7O/c1-13-19-11-16(7-9-17(19)24(35)28-13)29-25-31-22(32-34(25)26-2)15-6-8-18(20(27)10-15)21-12-33(3)23(30-21)14-4-5-14/h6-14H,4-5H2,1-3H3,(H,28,35)(H,29,31,32). The number of imidazole rings is 1. The molecule has 8 nitrogen and oxygen atoms in total. The zero-order valence-corrected chi connectivity index (χ0v) is 19.7. The zero-order valence-electron chi connectivity index (χ0n) is 19.7. The van der Waals surface area contributed by atoms with Gasteiger partial charge in [-0.3, -0.25) is 9.39 Å². The molecule has 35 heavy (non-hydrogen) atoms. The molecule has 3 heterocycles. The van der Waals surface area contributed by atoms with E-state index in [0.717, 1.165) is 29.9 Å². The summed E-state index contributed by atoms with van der Waals surface area (Å²) in [5, 5.41) is 10.7. The summed E-state index contributed by atoms with van der Waals surface area (Å²) < 4.78 is 18.7. The number of carbonyl (C=O) groups excluding carboxylic acids is 1. The number of anilines is 2. The van der Waals surface area contributed by atoms with E-state index >= 15 is 4.39 Å². The summed E-state index contributed by atoms with van der Waals surface area (Å²) in [6.07, 6.45) is 4.17. The van der Waals surface area contributed by atoms with Gasteiger partial charge in [-0.1, -0.05) is 12.9 Å². The van der Waals surface area contributed by atoms with Crippen LogP contribution in [0.4, 0.5) is 16.0 Å². The van der Waals surface area contributed by atoms with Crippen LogP contribution in [0.25, 0.3) is 22.6 Å². The largest absolute Gasteiger partial charge is 0.345 e. The number of hydrogen-bond acceptors (Lipinski definition) is 5. The molecule has 1 radical (unpaired) electrons. The van der Waals surface area contributed by atoms with Gasteiger partial charge in [-0.2, -0.15) is 10.1 Å². The minimum Gasteiger partial charge on any atom is -0.345 e. The number of rotatable bonds is 6. The van der Waals surface area contributed by atoms with Crippen LogP contribution in [0, 0.1) is 5.82 Å². The van der Waals surface area contributed by atoms with Gasteiger partial charge in [0.05, 0.1) is 11.7 Å². The number of halogens is 1. The molecule has 10 heteroatoms. The first-order valence-electron chi connectivity index (χ1n) is 11.7. The fourth-order valence-electron chi connectivity index (χ4n) is 4.59. The van der Waals surface area contributed by atoms with Gasteiger partial charge in [-0.25, -0.2) is 9.37 Å². The van der Waals surface area contributed by atoms with Gasteiger partial charge in [0.2, 0.25) is 5.95 Å². The quantitative estimate of drug-likeness (QED) is 0.409. The first kappa shape index (κ1) is 21.6. The molecule has 1 amide bonds. The van der Waals surface area contributed by atoms with Gasteiger partial charge >= 0.3 is 0 Å². The normalized spacial score (nSPS) is 16.8. The second kappa shape index (κ2) is 8.07. The Kier molecular flexibility index (Phi) is 4.98.